The van der Waals surface area contributed by atoms with Gasteiger partial charge in [-0.15, -0.1) is 0 Å². The van der Waals surface area contributed by atoms with Crippen molar-refractivity contribution in [2.75, 3.05) is 53.3 Å². The van der Waals surface area contributed by atoms with Gasteiger partial charge in [0.05, 0.1) is 66.6 Å². The molecule has 62 heavy (non-hydrogen) atoms. The van der Waals surface area contributed by atoms with Crippen molar-refractivity contribution in [3.8, 4) is 34.5 Å². The van der Waals surface area contributed by atoms with E-state index in [1.54, 1.807) is 42.7 Å². The lowest BCUT2D eigenvalue weighted by Crippen LogP contribution is -2.34. The number of ketones is 1. The van der Waals surface area contributed by atoms with Crippen LogP contribution in [0.2, 0.25) is 0 Å². The first-order valence-electron chi connectivity index (χ1n) is 20.3. The van der Waals surface area contributed by atoms with Crippen LogP contribution >= 0.6 is 0 Å². The fourth-order valence-electron chi connectivity index (χ4n) is 8.62. The van der Waals surface area contributed by atoms with Crippen molar-refractivity contribution >= 4 is 39.0 Å². The number of nitrogens with one attached hydrogen (secondary N) is 4. The van der Waals surface area contributed by atoms with Gasteiger partial charge in [0, 0.05) is 69.8 Å². The highest BCUT2D eigenvalue weighted by Gasteiger charge is 2.42. The molecule has 11 nitrogen and oxygen atoms in total. The number of rotatable bonds is 18. The Morgan fingerprint density at radius 1 is 0.452 bits per heavy atom. The van der Waals surface area contributed by atoms with Crippen molar-refractivity contribution in [1.82, 2.24) is 9.97 Å². The minimum atomic E-state index is -0.792. The molecule has 8 aromatic rings. The molecular weight excluding hydrogens is 781 g/mol. The number of H-pyrrole nitrogens is 2. The molecule has 0 fully saturated rings. The van der Waals surface area contributed by atoms with Crippen LogP contribution in [0, 0.1) is 0 Å². The summed E-state index contributed by atoms with van der Waals surface area (Å²) in [6, 6.07) is 42.5. The Hall–Kier alpha value is -7.53. The number of fused-ring (bicyclic) bond motifs is 2. The number of carbonyl (C=O) groups is 1. The third-order valence-corrected chi connectivity index (χ3v) is 11.5. The molecule has 11 heteroatoms. The van der Waals surface area contributed by atoms with Crippen molar-refractivity contribution in [3.05, 3.63) is 168 Å². The molecule has 4 unspecified atom stereocenters. The number of aromatic amines is 2. The Labute approximate surface area is 360 Å². The lowest BCUT2D eigenvalue weighted by Gasteiger charge is -2.35. The van der Waals surface area contributed by atoms with Gasteiger partial charge < -0.3 is 49.0 Å². The molecule has 2 heterocycles. The van der Waals surface area contributed by atoms with Gasteiger partial charge in [0.2, 0.25) is 11.5 Å². The zero-order valence-electron chi connectivity index (χ0n) is 35.5. The maximum atomic E-state index is 16.8. The van der Waals surface area contributed by atoms with E-state index < -0.39 is 23.9 Å². The van der Waals surface area contributed by atoms with Gasteiger partial charge in [0.15, 0.2) is 28.8 Å². The van der Waals surface area contributed by atoms with Crippen molar-refractivity contribution in [2.45, 2.75) is 23.9 Å². The summed E-state index contributed by atoms with van der Waals surface area (Å²) < 4.78 is 34.6. The molecule has 0 radical (unpaired) electrons. The first-order chi connectivity index (χ1) is 30.4. The lowest BCUT2D eigenvalue weighted by molar-refractivity contribution is -0.122. The molecule has 0 amide bonds. The van der Waals surface area contributed by atoms with Crippen LogP contribution in [0.3, 0.4) is 0 Å². The average Bonchev–Trinajstić information content (AvgIpc) is 3.95. The molecule has 4 atom stereocenters. The highest BCUT2D eigenvalue weighted by Crippen LogP contribution is 2.49. The second kappa shape index (κ2) is 18.4. The maximum absolute atomic E-state index is 16.8. The summed E-state index contributed by atoms with van der Waals surface area (Å²) in [5, 5.41) is 9.50. The zero-order chi connectivity index (χ0) is 43.2. The Balaban J connectivity index is 1.39. The van der Waals surface area contributed by atoms with Gasteiger partial charge in [0.1, 0.15) is 0 Å². The third kappa shape index (κ3) is 7.92. The van der Waals surface area contributed by atoms with E-state index in [-0.39, 0.29) is 5.78 Å². The van der Waals surface area contributed by atoms with E-state index in [1.807, 2.05) is 134 Å². The molecule has 0 aliphatic rings. The third-order valence-electron chi connectivity index (χ3n) is 11.5. The summed E-state index contributed by atoms with van der Waals surface area (Å²) >= 11 is 0. The lowest BCUT2D eigenvalue weighted by atomic mass is 9.73. The summed E-state index contributed by atoms with van der Waals surface area (Å²) in [6.45, 7) is 0. The van der Waals surface area contributed by atoms with Gasteiger partial charge in [0.25, 0.3) is 0 Å². The van der Waals surface area contributed by atoms with E-state index in [4.69, 9.17) is 28.4 Å². The molecule has 4 N–H and O–H groups in total. The molecule has 0 aliphatic heterocycles. The van der Waals surface area contributed by atoms with Crippen LogP contribution in [-0.2, 0) is 4.79 Å². The summed E-state index contributed by atoms with van der Waals surface area (Å²) in [5.74, 6) is 1.21. The van der Waals surface area contributed by atoms with E-state index in [1.165, 1.54) is 0 Å². The number of carbonyl (C=O) groups excluding carboxylic acids is 1. The number of benzene rings is 6. The monoisotopic (exact) mass is 830 g/mol. The number of aromatic nitrogens is 2. The van der Waals surface area contributed by atoms with E-state index >= 15 is 4.79 Å². The Morgan fingerprint density at radius 3 is 1.13 bits per heavy atom. The van der Waals surface area contributed by atoms with Crippen LogP contribution < -0.4 is 39.1 Å². The zero-order valence-corrected chi connectivity index (χ0v) is 35.5. The highest BCUT2D eigenvalue weighted by molar-refractivity contribution is 6.01. The normalized spacial score (nSPS) is 13.1. The second-order valence-electron chi connectivity index (χ2n) is 14.8. The standard InChI is InChI=1S/C51H50N4O7/c1-57-41-25-33(26-42(58-2)50(41)61-5)54-47(31-17-9-7-10-18-31)45(37-29-52-39-23-15-13-21-35(37)39)49(56)46(38-30-53-40-24-16-14-22-36(38)40)48(32-19-11-8-12-20-32)55-34-27-43(59-3)51(62-6)44(28-34)60-4/h7-30,45-48,52-55H,1-6H3. The minimum absolute atomic E-state index is 0.0397. The molecule has 2 aromatic heterocycles. The molecule has 0 spiro atoms. The van der Waals surface area contributed by atoms with Crippen molar-refractivity contribution in [2.24, 2.45) is 0 Å². The summed E-state index contributed by atoms with van der Waals surface area (Å²) in [4.78, 5) is 23.8. The van der Waals surface area contributed by atoms with Crippen LogP contribution in [0.15, 0.2) is 146 Å². The number of anilines is 2. The number of para-hydroxylation sites is 2. The fraction of sp³-hybridized carbons (Fsp3) is 0.196. The maximum Gasteiger partial charge on any atom is 0.203 e. The fourth-order valence-corrected chi connectivity index (χ4v) is 8.62. The largest absolute Gasteiger partial charge is 0.493 e. The van der Waals surface area contributed by atoms with Gasteiger partial charge in [-0.25, -0.2) is 0 Å². The Morgan fingerprint density at radius 2 is 0.790 bits per heavy atom. The SMILES string of the molecule is COc1cc(NC(c2ccccc2)C(C(=O)C(c2c[nH]c3ccccc23)C(Nc2cc(OC)c(OC)c(OC)c2)c2ccccc2)c2c[nH]c3ccccc23)cc(OC)c1OC. The number of hydrogen-bond acceptors (Lipinski definition) is 9. The Bertz CT molecular complexity index is 2550. The predicted octanol–water partition coefficient (Wildman–Crippen LogP) is 10.8. The molecule has 6 aromatic carbocycles. The molecule has 316 valence electrons. The second-order valence-corrected chi connectivity index (χ2v) is 14.8. The van der Waals surface area contributed by atoms with Crippen LogP contribution in [-0.4, -0.2) is 58.4 Å². The molecular formula is C51H50N4O7. The van der Waals surface area contributed by atoms with Gasteiger partial charge in [-0.2, -0.15) is 0 Å². The van der Waals surface area contributed by atoms with E-state index in [0.29, 0.717) is 45.9 Å². The van der Waals surface area contributed by atoms with E-state index in [0.717, 1.165) is 44.1 Å². The quantitative estimate of drug-likeness (QED) is 0.0668. The van der Waals surface area contributed by atoms with Gasteiger partial charge >= 0.3 is 0 Å². The van der Waals surface area contributed by atoms with E-state index in [9.17, 15) is 0 Å². The summed E-state index contributed by atoms with van der Waals surface area (Å²) in [6.07, 6.45) is 3.94. The first-order valence-corrected chi connectivity index (χ1v) is 20.3. The van der Waals surface area contributed by atoms with Crippen LogP contribution in [0.4, 0.5) is 11.4 Å². The van der Waals surface area contributed by atoms with Gasteiger partial charge in [-0.05, 0) is 34.4 Å². The molecule has 8 rings (SSSR count). The molecule has 0 saturated heterocycles. The molecule has 0 saturated carbocycles. The van der Waals surface area contributed by atoms with Crippen LogP contribution in [0.25, 0.3) is 21.8 Å². The minimum Gasteiger partial charge on any atom is -0.493 e. The summed E-state index contributed by atoms with van der Waals surface area (Å²) in [7, 11) is 9.50. The first kappa shape index (κ1) is 41.2. The summed E-state index contributed by atoms with van der Waals surface area (Å²) in [5.41, 5.74) is 6.65. The van der Waals surface area contributed by atoms with Gasteiger partial charge in [-0.1, -0.05) is 97.1 Å². The predicted molar refractivity (Wildman–Crippen MR) is 245 cm³/mol. The van der Waals surface area contributed by atoms with Gasteiger partial charge in [-0.3, -0.25) is 4.79 Å². The Kier molecular flexibility index (Phi) is 12.2. The van der Waals surface area contributed by atoms with Crippen molar-refractivity contribution < 1.29 is 33.2 Å². The number of Topliss-reactive ketones (excluding diaryl/α,β-unsaturated/α-hetero) is 1. The van der Waals surface area contributed by atoms with Crippen molar-refractivity contribution in [3.63, 3.8) is 0 Å². The topological polar surface area (TPSA) is 128 Å². The smallest absolute Gasteiger partial charge is 0.203 e. The van der Waals surface area contributed by atoms with E-state index in [2.05, 4.69) is 32.7 Å². The number of ether oxygens (including phenoxy) is 6. The van der Waals surface area contributed by atoms with Crippen LogP contribution in [0.1, 0.15) is 46.2 Å². The van der Waals surface area contributed by atoms with Crippen LogP contribution in [0.5, 0.6) is 34.5 Å². The number of methoxy groups -OCH3 is 6. The average molecular weight is 831 g/mol. The molecule has 0 bridgehead atoms. The highest BCUT2D eigenvalue weighted by atomic mass is 16.5. The molecule has 0 aliphatic carbocycles. The number of hydrogen-bond donors (Lipinski definition) is 4. The van der Waals surface area contributed by atoms with Crippen molar-refractivity contribution in [1.29, 1.82) is 0 Å².